The van der Waals surface area contributed by atoms with Crippen molar-refractivity contribution >= 4 is 23.0 Å². The maximum Gasteiger partial charge on any atom is 0.219 e. The lowest BCUT2D eigenvalue weighted by Gasteiger charge is -2.16. The number of carbonyl (C=O) groups is 1. The van der Waals surface area contributed by atoms with E-state index in [-0.39, 0.29) is 33.2 Å². The lowest BCUT2D eigenvalue weighted by Crippen LogP contribution is -2.40. The molecular weight excluding hydrogens is 366 g/mol. The van der Waals surface area contributed by atoms with Crippen molar-refractivity contribution < 1.29 is 18.1 Å². The fourth-order valence-electron chi connectivity index (χ4n) is 2.21. The second kappa shape index (κ2) is 7.23. The Bertz CT molecular complexity index is 904. The normalized spacial score (nSPS) is 13.8. The number of ketones is 1. The predicted octanol–water partition coefficient (Wildman–Crippen LogP) is 3.12. The fourth-order valence-corrected chi connectivity index (χ4v) is 2.47. The summed E-state index contributed by atoms with van der Waals surface area (Å²) in [7, 11) is 3.16. The highest BCUT2D eigenvalue weighted by molar-refractivity contribution is 6.33. The Hall–Kier alpha value is -2.76. The first-order valence-electron chi connectivity index (χ1n) is 7.33. The summed E-state index contributed by atoms with van der Waals surface area (Å²) in [6.07, 6.45) is 1.24. The van der Waals surface area contributed by atoms with E-state index in [1.165, 1.54) is 23.2 Å². The summed E-state index contributed by atoms with van der Waals surface area (Å²) >= 11 is 6.00. The molecule has 0 spiro atoms. The van der Waals surface area contributed by atoms with Crippen LogP contribution in [0.25, 0.3) is 16.8 Å². The van der Waals surface area contributed by atoms with E-state index in [1.807, 2.05) is 0 Å². The molecule has 0 saturated carbocycles. The molecule has 0 amide bonds. The number of alkyl halides is 1. The SMILES string of the molecule is CN(C)/C=C(\C(=O)C(C)(N)F)c1onc(-c2c(F)cccc2Cl)c1C#N. The minimum atomic E-state index is -2.71. The zero-order valence-electron chi connectivity index (χ0n) is 14.2. The van der Waals surface area contributed by atoms with Crippen molar-refractivity contribution in [3.8, 4) is 17.3 Å². The van der Waals surface area contributed by atoms with Crippen LogP contribution >= 0.6 is 11.6 Å². The Kier molecular flexibility index (Phi) is 5.44. The van der Waals surface area contributed by atoms with Crippen LogP contribution in [0.1, 0.15) is 18.2 Å². The smallest absolute Gasteiger partial charge is 0.219 e. The average Bonchev–Trinajstić information content (AvgIpc) is 2.94. The number of carbonyl (C=O) groups excluding carboxylic acids is 1. The van der Waals surface area contributed by atoms with Gasteiger partial charge >= 0.3 is 0 Å². The number of nitriles is 1. The van der Waals surface area contributed by atoms with E-state index >= 15 is 0 Å². The average molecular weight is 381 g/mol. The Morgan fingerprint density at radius 2 is 2.15 bits per heavy atom. The first-order chi connectivity index (χ1) is 12.1. The van der Waals surface area contributed by atoms with Crippen molar-refractivity contribution in [2.24, 2.45) is 5.73 Å². The van der Waals surface area contributed by atoms with Gasteiger partial charge in [0.25, 0.3) is 0 Å². The van der Waals surface area contributed by atoms with E-state index in [0.29, 0.717) is 0 Å². The van der Waals surface area contributed by atoms with Crippen molar-refractivity contribution in [3.63, 3.8) is 0 Å². The summed E-state index contributed by atoms with van der Waals surface area (Å²) in [5.74, 6) is -4.88. The van der Waals surface area contributed by atoms with Gasteiger partial charge in [-0.1, -0.05) is 22.8 Å². The molecular formula is C17H15ClF2N4O2. The van der Waals surface area contributed by atoms with Gasteiger partial charge in [0, 0.05) is 20.3 Å². The monoisotopic (exact) mass is 380 g/mol. The second-order valence-corrected chi connectivity index (χ2v) is 6.26. The first-order valence-corrected chi connectivity index (χ1v) is 7.71. The maximum absolute atomic E-state index is 14.2. The van der Waals surface area contributed by atoms with Crippen LogP contribution < -0.4 is 5.73 Å². The Labute approximate surface area is 153 Å². The van der Waals surface area contributed by atoms with Crippen LogP contribution in [0.5, 0.6) is 0 Å². The number of benzene rings is 1. The molecule has 2 aromatic rings. The number of hydrogen-bond acceptors (Lipinski definition) is 6. The third kappa shape index (κ3) is 3.74. The number of rotatable bonds is 5. The number of hydrogen-bond donors (Lipinski definition) is 1. The molecule has 1 aromatic heterocycles. The second-order valence-electron chi connectivity index (χ2n) is 5.85. The van der Waals surface area contributed by atoms with Crippen molar-refractivity contribution in [2.45, 2.75) is 12.7 Å². The molecule has 0 aliphatic carbocycles. The largest absolute Gasteiger partial charge is 0.383 e. The van der Waals surface area contributed by atoms with Crippen molar-refractivity contribution in [3.05, 3.63) is 46.6 Å². The first kappa shape index (κ1) is 19.6. The van der Waals surface area contributed by atoms with Crippen LogP contribution in [0.15, 0.2) is 28.9 Å². The van der Waals surface area contributed by atoms with Gasteiger partial charge in [0.2, 0.25) is 11.6 Å². The predicted molar refractivity (Wildman–Crippen MR) is 92.0 cm³/mol. The topological polar surface area (TPSA) is 96.2 Å². The molecule has 9 heteroatoms. The molecule has 2 N–H and O–H groups in total. The summed E-state index contributed by atoms with van der Waals surface area (Å²) < 4.78 is 33.3. The van der Waals surface area contributed by atoms with Crippen LogP contribution in [0, 0.1) is 17.1 Å². The highest BCUT2D eigenvalue weighted by atomic mass is 35.5. The highest BCUT2D eigenvalue weighted by Crippen LogP contribution is 2.36. The highest BCUT2D eigenvalue weighted by Gasteiger charge is 2.36. The van der Waals surface area contributed by atoms with Crippen molar-refractivity contribution in [1.29, 1.82) is 5.26 Å². The van der Waals surface area contributed by atoms with Crippen LogP contribution in [0.4, 0.5) is 8.78 Å². The summed E-state index contributed by atoms with van der Waals surface area (Å²) in [6.45, 7) is 0.871. The summed E-state index contributed by atoms with van der Waals surface area (Å²) in [5, 5.41) is 13.2. The fraction of sp³-hybridized carbons (Fsp3) is 0.235. The molecule has 1 heterocycles. The third-order valence-corrected chi connectivity index (χ3v) is 3.64. The molecule has 0 aliphatic heterocycles. The minimum absolute atomic E-state index is 0.0000274. The van der Waals surface area contributed by atoms with Crippen LogP contribution in [-0.4, -0.2) is 35.7 Å². The molecule has 1 aromatic carbocycles. The molecule has 2 rings (SSSR count). The molecule has 26 heavy (non-hydrogen) atoms. The van der Waals surface area contributed by atoms with Gasteiger partial charge in [0.1, 0.15) is 23.1 Å². The van der Waals surface area contributed by atoms with Crippen LogP contribution in [-0.2, 0) is 4.79 Å². The van der Waals surface area contributed by atoms with Gasteiger partial charge in [-0.25, -0.2) is 8.78 Å². The van der Waals surface area contributed by atoms with Gasteiger partial charge in [0.05, 0.1) is 16.2 Å². The van der Waals surface area contributed by atoms with Crippen LogP contribution in [0.2, 0.25) is 5.02 Å². The van der Waals surface area contributed by atoms with E-state index in [2.05, 4.69) is 5.16 Å². The minimum Gasteiger partial charge on any atom is -0.383 e. The van der Waals surface area contributed by atoms with Gasteiger partial charge in [0.15, 0.2) is 5.76 Å². The zero-order chi connectivity index (χ0) is 19.6. The van der Waals surface area contributed by atoms with Crippen molar-refractivity contribution in [2.75, 3.05) is 14.1 Å². The van der Waals surface area contributed by atoms with Crippen molar-refractivity contribution in [1.82, 2.24) is 10.1 Å². The number of halogens is 3. The Balaban J connectivity index is 2.73. The molecule has 0 aliphatic rings. The molecule has 6 nitrogen and oxygen atoms in total. The quantitative estimate of drug-likeness (QED) is 0.632. The van der Waals surface area contributed by atoms with Gasteiger partial charge < -0.3 is 9.42 Å². The van der Waals surface area contributed by atoms with Gasteiger partial charge in [-0.05, 0) is 19.1 Å². The number of aromatic nitrogens is 1. The lowest BCUT2D eigenvalue weighted by atomic mass is 9.97. The maximum atomic E-state index is 14.2. The van der Waals surface area contributed by atoms with E-state index in [0.717, 1.165) is 13.0 Å². The summed E-state index contributed by atoms with van der Waals surface area (Å²) in [6, 6.07) is 5.74. The summed E-state index contributed by atoms with van der Waals surface area (Å²) in [4.78, 5) is 13.8. The van der Waals surface area contributed by atoms with Crippen LogP contribution in [0.3, 0.4) is 0 Å². The Morgan fingerprint density at radius 3 is 2.65 bits per heavy atom. The number of nitrogens with two attached hydrogens (primary N) is 1. The molecule has 1 atom stereocenters. The van der Waals surface area contributed by atoms with E-state index in [1.54, 1.807) is 20.2 Å². The summed E-state index contributed by atoms with van der Waals surface area (Å²) in [5.41, 5.74) is 4.32. The molecule has 1 unspecified atom stereocenters. The van der Waals surface area contributed by atoms with Gasteiger partial charge in [-0.15, -0.1) is 0 Å². The van der Waals surface area contributed by atoms with E-state index in [9.17, 15) is 18.8 Å². The zero-order valence-corrected chi connectivity index (χ0v) is 14.9. The lowest BCUT2D eigenvalue weighted by molar-refractivity contribution is -0.123. The molecule has 0 bridgehead atoms. The molecule has 0 fully saturated rings. The molecule has 0 radical (unpaired) electrons. The Morgan fingerprint density at radius 1 is 1.50 bits per heavy atom. The van der Waals surface area contributed by atoms with E-state index < -0.39 is 17.4 Å². The molecule has 0 saturated heterocycles. The van der Waals surface area contributed by atoms with Gasteiger partial charge in [-0.2, -0.15) is 5.26 Å². The number of nitrogens with zero attached hydrogens (tertiary/aromatic N) is 3. The van der Waals surface area contributed by atoms with E-state index in [4.69, 9.17) is 21.9 Å². The standard InChI is InChI=1S/C17H15ClF2N4O2/c1-17(20,22)16(25)10(8-24(2)3)15-9(7-21)14(23-26-15)13-11(18)5-4-6-12(13)19/h4-6,8H,22H2,1-3H3/b10-8-. The van der Waals surface area contributed by atoms with Gasteiger partial charge in [-0.3, -0.25) is 10.5 Å². The molecule has 136 valence electrons. The number of Topliss-reactive ketones (excluding diaryl/α,β-unsaturated/α-hetero) is 1. The third-order valence-electron chi connectivity index (χ3n) is 3.32.